The van der Waals surface area contributed by atoms with Gasteiger partial charge in [0.05, 0.1) is 5.69 Å². The minimum atomic E-state index is -0.939. The molecular weight excluding hydrogens is 320 g/mol. The Balaban J connectivity index is 1.71. The quantitative estimate of drug-likeness (QED) is 0.752. The van der Waals surface area contributed by atoms with Gasteiger partial charge in [0.15, 0.2) is 0 Å². The number of hydrogen-bond acceptors (Lipinski definition) is 4. The maximum absolute atomic E-state index is 11.4. The van der Waals surface area contributed by atoms with E-state index in [0.29, 0.717) is 12.4 Å². The van der Waals surface area contributed by atoms with Crippen LogP contribution < -0.4 is 5.32 Å². The van der Waals surface area contributed by atoms with Gasteiger partial charge in [0.1, 0.15) is 5.76 Å². The van der Waals surface area contributed by atoms with Crippen LogP contribution in [-0.4, -0.2) is 15.4 Å². The number of benzene rings is 2. The second-order valence-corrected chi connectivity index (χ2v) is 7.07. The zero-order chi connectivity index (χ0) is 17.1. The summed E-state index contributed by atoms with van der Waals surface area (Å²) in [6.07, 6.45) is 1.69. The van der Waals surface area contributed by atoms with Crippen molar-refractivity contribution >= 4 is 16.5 Å². The summed E-state index contributed by atoms with van der Waals surface area (Å²) >= 11 is 0. The van der Waals surface area contributed by atoms with Gasteiger partial charge in [-0.15, -0.1) is 0 Å². The molecule has 4 nitrogen and oxygen atoms in total. The van der Waals surface area contributed by atoms with Crippen LogP contribution in [0.2, 0.25) is 0 Å². The van der Waals surface area contributed by atoms with E-state index in [9.17, 15) is 4.21 Å². The fraction of sp³-hybridized carbons (Fsp3) is 0.211. The van der Waals surface area contributed by atoms with E-state index in [2.05, 4.69) is 10.3 Å². The smallest absolute Gasteiger partial charge is 0.226 e. The first-order valence-electron chi connectivity index (χ1n) is 7.73. The zero-order valence-electron chi connectivity index (χ0n) is 14.0. The molecule has 1 aromatic heterocycles. The van der Waals surface area contributed by atoms with Crippen LogP contribution in [0.3, 0.4) is 0 Å². The van der Waals surface area contributed by atoms with Crippen molar-refractivity contribution in [2.75, 3.05) is 11.6 Å². The molecule has 0 aliphatic carbocycles. The van der Waals surface area contributed by atoms with Crippen LogP contribution in [-0.2, 0) is 17.3 Å². The molecule has 3 rings (SSSR count). The van der Waals surface area contributed by atoms with Gasteiger partial charge in [-0.2, -0.15) is 0 Å². The van der Waals surface area contributed by atoms with Crippen molar-refractivity contribution in [1.82, 2.24) is 4.98 Å². The Kier molecular flexibility index (Phi) is 4.81. The van der Waals surface area contributed by atoms with Crippen LogP contribution in [0.1, 0.15) is 17.0 Å². The SMILES string of the molecule is Cc1nc(-c2cccc(NCc3ccc(S(C)=O)cc3)c2)oc1C. The number of anilines is 1. The van der Waals surface area contributed by atoms with Crippen LogP contribution in [0.4, 0.5) is 5.69 Å². The van der Waals surface area contributed by atoms with E-state index < -0.39 is 10.8 Å². The third-order valence-corrected chi connectivity index (χ3v) is 4.83. The molecule has 1 atom stereocenters. The Morgan fingerprint density at radius 3 is 2.50 bits per heavy atom. The molecule has 0 fully saturated rings. The number of aryl methyl sites for hydroxylation is 2. The lowest BCUT2D eigenvalue weighted by Gasteiger charge is -2.08. The van der Waals surface area contributed by atoms with Crippen molar-refractivity contribution in [1.29, 1.82) is 0 Å². The van der Waals surface area contributed by atoms with E-state index in [1.165, 1.54) is 0 Å². The molecule has 0 amide bonds. The topological polar surface area (TPSA) is 55.1 Å². The number of oxazole rings is 1. The molecule has 0 spiro atoms. The lowest BCUT2D eigenvalue weighted by atomic mass is 10.2. The highest BCUT2D eigenvalue weighted by molar-refractivity contribution is 7.84. The van der Waals surface area contributed by atoms with E-state index in [-0.39, 0.29) is 0 Å². The molecule has 1 heterocycles. The van der Waals surface area contributed by atoms with Crippen molar-refractivity contribution in [2.24, 2.45) is 0 Å². The average molecular weight is 340 g/mol. The summed E-state index contributed by atoms with van der Waals surface area (Å²) in [4.78, 5) is 5.29. The fourth-order valence-electron chi connectivity index (χ4n) is 2.36. The molecule has 5 heteroatoms. The van der Waals surface area contributed by atoms with Gasteiger partial charge in [0.25, 0.3) is 0 Å². The van der Waals surface area contributed by atoms with Crippen LogP contribution >= 0.6 is 0 Å². The predicted molar refractivity (Wildman–Crippen MR) is 97.5 cm³/mol. The number of aromatic nitrogens is 1. The van der Waals surface area contributed by atoms with Gasteiger partial charge in [-0.3, -0.25) is 4.21 Å². The lowest BCUT2D eigenvalue weighted by Crippen LogP contribution is -1.99. The van der Waals surface area contributed by atoms with E-state index in [1.807, 2.05) is 62.4 Å². The predicted octanol–water partition coefficient (Wildman–Crippen LogP) is 4.31. The Bertz CT molecular complexity index is 850. The molecular formula is C19H20N2O2S. The standard InChI is InChI=1S/C19H20N2O2S/c1-13-14(2)23-19(21-13)16-5-4-6-17(11-16)20-12-15-7-9-18(10-8-15)24(3)22/h4-11,20H,12H2,1-3H3. The summed E-state index contributed by atoms with van der Waals surface area (Å²) < 4.78 is 17.1. The number of rotatable bonds is 5. The summed E-state index contributed by atoms with van der Waals surface area (Å²) in [7, 11) is -0.939. The van der Waals surface area contributed by atoms with Gasteiger partial charge in [0, 0.05) is 39.7 Å². The third kappa shape index (κ3) is 3.74. The molecule has 0 saturated heterocycles. The molecule has 1 N–H and O–H groups in total. The molecule has 0 saturated carbocycles. The molecule has 3 aromatic rings. The second kappa shape index (κ2) is 7.01. The Labute approximate surface area is 144 Å². The third-order valence-electron chi connectivity index (χ3n) is 3.89. The van der Waals surface area contributed by atoms with Gasteiger partial charge in [-0.25, -0.2) is 4.98 Å². The van der Waals surface area contributed by atoms with Crippen molar-refractivity contribution < 1.29 is 8.63 Å². The monoisotopic (exact) mass is 340 g/mol. The van der Waals surface area contributed by atoms with Gasteiger partial charge < -0.3 is 9.73 Å². The average Bonchev–Trinajstić information content (AvgIpc) is 2.93. The molecule has 0 aliphatic rings. The van der Waals surface area contributed by atoms with Crippen molar-refractivity contribution in [2.45, 2.75) is 25.3 Å². The van der Waals surface area contributed by atoms with Gasteiger partial charge >= 0.3 is 0 Å². The summed E-state index contributed by atoms with van der Waals surface area (Å²) in [5.41, 5.74) is 4.01. The molecule has 0 radical (unpaired) electrons. The maximum atomic E-state index is 11.4. The highest BCUT2D eigenvalue weighted by Crippen LogP contribution is 2.24. The summed E-state index contributed by atoms with van der Waals surface area (Å²) in [6, 6.07) is 15.8. The van der Waals surface area contributed by atoms with Crippen molar-refractivity contribution in [3.05, 3.63) is 65.5 Å². The van der Waals surface area contributed by atoms with Crippen LogP contribution in [0.15, 0.2) is 57.8 Å². The van der Waals surface area contributed by atoms with Gasteiger partial charge in [-0.05, 0) is 49.7 Å². The lowest BCUT2D eigenvalue weighted by molar-refractivity contribution is 0.541. The molecule has 1 unspecified atom stereocenters. The molecule has 2 aromatic carbocycles. The zero-order valence-corrected chi connectivity index (χ0v) is 14.8. The molecule has 0 bridgehead atoms. The van der Waals surface area contributed by atoms with E-state index in [1.54, 1.807) is 6.26 Å². The first-order valence-corrected chi connectivity index (χ1v) is 9.29. The normalized spacial score (nSPS) is 12.1. The van der Waals surface area contributed by atoms with E-state index >= 15 is 0 Å². The van der Waals surface area contributed by atoms with Crippen LogP contribution in [0, 0.1) is 13.8 Å². The summed E-state index contributed by atoms with van der Waals surface area (Å²) in [5.74, 6) is 1.49. The molecule has 24 heavy (non-hydrogen) atoms. The Morgan fingerprint density at radius 1 is 1.12 bits per heavy atom. The maximum Gasteiger partial charge on any atom is 0.226 e. The Hall–Kier alpha value is -2.40. The van der Waals surface area contributed by atoms with E-state index in [0.717, 1.165) is 33.2 Å². The van der Waals surface area contributed by atoms with Gasteiger partial charge in [-0.1, -0.05) is 18.2 Å². The van der Waals surface area contributed by atoms with Crippen molar-refractivity contribution in [3.63, 3.8) is 0 Å². The first kappa shape index (κ1) is 16.5. The van der Waals surface area contributed by atoms with E-state index in [4.69, 9.17) is 4.42 Å². The second-order valence-electron chi connectivity index (χ2n) is 5.69. The number of nitrogens with zero attached hydrogens (tertiary/aromatic N) is 1. The highest BCUT2D eigenvalue weighted by atomic mass is 32.2. The highest BCUT2D eigenvalue weighted by Gasteiger charge is 2.08. The summed E-state index contributed by atoms with van der Waals surface area (Å²) in [5, 5.41) is 3.40. The minimum absolute atomic E-state index is 0.642. The molecule has 124 valence electrons. The minimum Gasteiger partial charge on any atom is -0.441 e. The number of hydrogen-bond donors (Lipinski definition) is 1. The van der Waals surface area contributed by atoms with Crippen LogP contribution in [0.5, 0.6) is 0 Å². The van der Waals surface area contributed by atoms with Crippen LogP contribution in [0.25, 0.3) is 11.5 Å². The Morgan fingerprint density at radius 2 is 1.88 bits per heavy atom. The number of nitrogens with one attached hydrogen (secondary N) is 1. The largest absolute Gasteiger partial charge is 0.441 e. The van der Waals surface area contributed by atoms with Crippen molar-refractivity contribution in [3.8, 4) is 11.5 Å². The summed E-state index contributed by atoms with van der Waals surface area (Å²) in [6.45, 7) is 4.56. The fourth-order valence-corrected chi connectivity index (χ4v) is 2.88. The first-order chi connectivity index (χ1) is 11.5. The molecule has 0 aliphatic heterocycles. The van der Waals surface area contributed by atoms with Gasteiger partial charge in [0.2, 0.25) is 5.89 Å².